The molecule has 0 bridgehead atoms. The van der Waals surface area contributed by atoms with Crippen molar-refractivity contribution < 1.29 is 4.42 Å². The molecule has 2 rings (SSSR count). The number of aryl methyl sites for hydroxylation is 2. The van der Waals surface area contributed by atoms with Crippen LogP contribution in [0.25, 0.3) is 0 Å². The Bertz CT molecular complexity index is 539. The van der Waals surface area contributed by atoms with Crippen molar-refractivity contribution in [1.82, 2.24) is 15.1 Å². The summed E-state index contributed by atoms with van der Waals surface area (Å²) in [5.74, 6) is 1.95. The van der Waals surface area contributed by atoms with Gasteiger partial charge in [0.15, 0.2) is 0 Å². The molecule has 0 radical (unpaired) electrons. The summed E-state index contributed by atoms with van der Waals surface area (Å²) >= 11 is 0. The molecule has 2 heterocycles. The summed E-state index contributed by atoms with van der Waals surface area (Å²) < 4.78 is 7.61. The van der Waals surface area contributed by atoms with Gasteiger partial charge in [0.2, 0.25) is 0 Å². The molecule has 104 valence electrons. The maximum absolute atomic E-state index is 5.61. The van der Waals surface area contributed by atoms with Crippen LogP contribution in [0, 0.1) is 13.8 Å². The second-order valence-corrected chi connectivity index (χ2v) is 5.29. The summed E-state index contributed by atoms with van der Waals surface area (Å²) in [6.07, 6.45) is 2.91. The van der Waals surface area contributed by atoms with E-state index in [0.29, 0.717) is 6.04 Å². The number of hydrogen-bond acceptors (Lipinski definition) is 3. The molecule has 0 aromatic carbocycles. The highest BCUT2D eigenvalue weighted by Gasteiger charge is 2.17. The monoisotopic (exact) mass is 261 g/mol. The van der Waals surface area contributed by atoms with Gasteiger partial charge in [0, 0.05) is 30.3 Å². The van der Waals surface area contributed by atoms with E-state index >= 15 is 0 Å². The zero-order valence-electron chi connectivity index (χ0n) is 12.4. The van der Waals surface area contributed by atoms with Gasteiger partial charge in [-0.3, -0.25) is 4.68 Å². The lowest BCUT2D eigenvalue weighted by molar-refractivity contribution is 0.486. The maximum atomic E-state index is 5.61. The Morgan fingerprint density at radius 3 is 2.58 bits per heavy atom. The summed E-state index contributed by atoms with van der Waals surface area (Å²) in [7, 11) is 1.98. The van der Waals surface area contributed by atoms with Crippen LogP contribution in [0.1, 0.15) is 48.7 Å². The van der Waals surface area contributed by atoms with E-state index < -0.39 is 0 Å². The van der Waals surface area contributed by atoms with Gasteiger partial charge in [-0.2, -0.15) is 5.10 Å². The third-order valence-electron chi connectivity index (χ3n) is 3.41. The molecule has 1 unspecified atom stereocenters. The summed E-state index contributed by atoms with van der Waals surface area (Å²) in [4.78, 5) is 0. The molecule has 0 aliphatic carbocycles. The first-order valence-corrected chi connectivity index (χ1v) is 6.79. The highest BCUT2D eigenvalue weighted by molar-refractivity contribution is 5.25. The minimum atomic E-state index is 0.243. The molecule has 0 fully saturated rings. The van der Waals surface area contributed by atoms with Crippen LogP contribution in [0.2, 0.25) is 0 Å². The third-order valence-corrected chi connectivity index (χ3v) is 3.41. The van der Waals surface area contributed by atoms with Gasteiger partial charge in [0.25, 0.3) is 0 Å². The Balaban J connectivity index is 2.16. The number of nitrogens with zero attached hydrogens (tertiary/aromatic N) is 2. The lowest BCUT2D eigenvalue weighted by Crippen LogP contribution is -2.19. The average Bonchev–Trinajstić information content (AvgIpc) is 2.93. The first-order chi connectivity index (χ1) is 9.01. The summed E-state index contributed by atoms with van der Waals surface area (Å²) in [5, 5.41) is 7.96. The van der Waals surface area contributed by atoms with E-state index in [0.717, 1.165) is 23.6 Å². The van der Waals surface area contributed by atoms with Gasteiger partial charge in [-0.1, -0.05) is 0 Å². The van der Waals surface area contributed by atoms with Crippen molar-refractivity contribution >= 4 is 0 Å². The van der Waals surface area contributed by atoms with E-state index in [4.69, 9.17) is 4.42 Å². The Morgan fingerprint density at radius 1 is 1.37 bits per heavy atom. The first kappa shape index (κ1) is 13.9. The van der Waals surface area contributed by atoms with Crippen molar-refractivity contribution in [2.45, 2.75) is 46.2 Å². The minimum absolute atomic E-state index is 0.243. The van der Waals surface area contributed by atoms with Crippen molar-refractivity contribution in [2.24, 2.45) is 0 Å². The van der Waals surface area contributed by atoms with Gasteiger partial charge in [-0.15, -0.1) is 0 Å². The van der Waals surface area contributed by atoms with E-state index in [1.807, 2.05) is 31.8 Å². The van der Waals surface area contributed by atoms with Gasteiger partial charge in [-0.05, 0) is 46.9 Å². The zero-order valence-corrected chi connectivity index (χ0v) is 12.4. The van der Waals surface area contributed by atoms with Crippen molar-refractivity contribution in [2.75, 3.05) is 7.05 Å². The van der Waals surface area contributed by atoms with Crippen LogP contribution in [-0.4, -0.2) is 16.8 Å². The normalized spacial score (nSPS) is 13.2. The number of furan rings is 1. The standard InChI is InChI=1S/C15H23N3O/c1-10(2)18-7-6-13(17-18)9-15(16-5)14-8-11(3)19-12(14)4/h6-8,10,15-16H,9H2,1-5H3. The van der Waals surface area contributed by atoms with Gasteiger partial charge in [0.1, 0.15) is 11.5 Å². The third kappa shape index (κ3) is 3.07. The van der Waals surface area contributed by atoms with Gasteiger partial charge >= 0.3 is 0 Å². The fourth-order valence-corrected chi connectivity index (χ4v) is 2.35. The van der Waals surface area contributed by atoms with Gasteiger partial charge < -0.3 is 9.73 Å². The van der Waals surface area contributed by atoms with Crippen LogP contribution in [0.3, 0.4) is 0 Å². The molecule has 0 saturated carbocycles. The molecule has 19 heavy (non-hydrogen) atoms. The Kier molecular flexibility index (Phi) is 4.10. The van der Waals surface area contributed by atoms with Crippen LogP contribution < -0.4 is 5.32 Å². The first-order valence-electron chi connectivity index (χ1n) is 6.79. The second kappa shape index (κ2) is 5.61. The van der Waals surface area contributed by atoms with E-state index in [-0.39, 0.29) is 6.04 Å². The van der Waals surface area contributed by atoms with Crippen LogP contribution in [0.4, 0.5) is 0 Å². The largest absolute Gasteiger partial charge is 0.466 e. The summed E-state index contributed by atoms with van der Waals surface area (Å²) in [6, 6.07) is 4.84. The van der Waals surface area contributed by atoms with Crippen molar-refractivity contribution in [1.29, 1.82) is 0 Å². The number of likely N-dealkylation sites (N-methyl/N-ethyl adjacent to an activating group) is 1. The Hall–Kier alpha value is -1.55. The minimum Gasteiger partial charge on any atom is -0.466 e. The molecule has 0 aliphatic rings. The quantitative estimate of drug-likeness (QED) is 0.899. The number of rotatable bonds is 5. The number of aromatic nitrogens is 2. The molecule has 1 atom stereocenters. The Labute approximate surface area is 114 Å². The Morgan fingerprint density at radius 2 is 2.11 bits per heavy atom. The van der Waals surface area contributed by atoms with E-state index in [1.54, 1.807) is 0 Å². The highest BCUT2D eigenvalue weighted by atomic mass is 16.3. The highest BCUT2D eigenvalue weighted by Crippen LogP contribution is 2.24. The van der Waals surface area contributed by atoms with Gasteiger partial charge in [0.05, 0.1) is 5.69 Å². The maximum Gasteiger partial charge on any atom is 0.105 e. The smallest absolute Gasteiger partial charge is 0.105 e. The van der Waals surface area contributed by atoms with E-state index in [1.165, 1.54) is 5.56 Å². The van der Waals surface area contributed by atoms with Crippen molar-refractivity contribution in [3.8, 4) is 0 Å². The molecular weight excluding hydrogens is 238 g/mol. The molecule has 0 spiro atoms. The molecule has 2 aromatic rings. The second-order valence-electron chi connectivity index (χ2n) is 5.29. The SMILES string of the molecule is CNC(Cc1ccn(C(C)C)n1)c1cc(C)oc1C. The molecular formula is C15H23N3O. The van der Waals surface area contributed by atoms with Crippen molar-refractivity contribution in [3.05, 3.63) is 41.1 Å². The van der Waals surface area contributed by atoms with Crippen LogP contribution in [0.5, 0.6) is 0 Å². The summed E-state index contributed by atoms with van der Waals surface area (Å²) in [6.45, 7) is 8.27. The van der Waals surface area contributed by atoms with Crippen LogP contribution >= 0.6 is 0 Å². The summed E-state index contributed by atoms with van der Waals surface area (Å²) in [5.41, 5.74) is 2.32. The van der Waals surface area contributed by atoms with E-state index in [9.17, 15) is 0 Å². The number of hydrogen-bond donors (Lipinski definition) is 1. The van der Waals surface area contributed by atoms with Crippen LogP contribution in [-0.2, 0) is 6.42 Å². The predicted molar refractivity (Wildman–Crippen MR) is 76.3 cm³/mol. The molecule has 0 saturated heterocycles. The molecule has 2 aromatic heterocycles. The van der Waals surface area contributed by atoms with Gasteiger partial charge in [-0.25, -0.2) is 0 Å². The van der Waals surface area contributed by atoms with Crippen molar-refractivity contribution in [3.63, 3.8) is 0 Å². The van der Waals surface area contributed by atoms with Crippen LogP contribution in [0.15, 0.2) is 22.7 Å². The predicted octanol–water partition coefficient (Wildman–Crippen LogP) is 3.18. The molecule has 0 amide bonds. The molecule has 4 heteroatoms. The molecule has 4 nitrogen and oxygen atoms in total. The molecule has 0 aliphatic heterocycles. The number of nitrogens with one attached hydrogen (secondary N) is 1. The lowest BCUT2D eigenvalue weighted by Gasteiger charge is -2.14. The lowest BCUT2D eigenvalue weighted by atomic mass is 10.0. The topological polar surface area (TPSA) is 43.0 Å². The zero-order chi connectivity index (χ0) is 14.0. The fraction of sp³-hybridized carbons (Fsp3) is 0.533. The molecule has 1 N–H and O–H groups in total. The average molecular weight is 261 g/mol. The van der Waals surface area contributed by atoms with E-state index in [2.05, 4.69) is 36.4 Å². The fourth-order valence-electron chi connectivity index (χ4n) is 2.35.